The second-order valence-electron chi connectivity index (χ2n) is 5.94. The number of aromatic nitrogens is 2. The lowest BCUT2D eigenvalue weighted by molar-refractivity contribution is 0.422. The summed E-state index contributed by atoms with van der Waals surface area (Å²) in [4.78, 5) is 0. The molecule has 0 saturated heterocycles. The van der Waals surface area contributed by atoms with Gasteiger partial charge >= 0.3 is 0 Å². The first-order chi connectivity index (χ1) is 9.83. The molecule has 114 valence electrons. The highest BCUT2D eigenvalue weighted by Crippen LogP contribution is 2.29. The van der Waals surface area contributed by atoms with Gasteiger partial charge in [0, 0.05) is 27.0 Å². The van der Waals surface area contributed by atoms with E-state index >= 15 is 0 Å². The van der Waals surface area contributed by atoms with Crippen molar-refractivity contribution in [1.82, 2.24) is 15.5 Å². The van der Waals surface area contributed by atoms with E-state index in [4.69, 9.17) is 11.6 Å². The van der Waals surface area contributed by atoms with Crippen molar-refractivity contribution in [3.63, 3.8) is 0 Å². The molecular formula is C15H19BrClN3S. The summed E-state index contributed by atoms with van der Waals surface area (Å²) in [5.74, 6) is 0. The topological polar surface area (TPSA) is 37.8 Å². The standard InChI is InChI=1S/C15H19BrClN3S/c1-15(2,3)18-6-4-5-13-19-20-14(21-13)10-7-11(16)9-12(17)8-10/h7-9,18H,4-6H2,1-3H3. The van der Waals surface area contributed by atoms with Gasteiger partial charge < -0.3 is 5.32 Å². The summed E-state index contributed by atoms with van der Waals surface area (Å²) in [6, 6.07) is 5.79. The Kier molecular flexibility index (Phi) is 5.77. The van der Waals surface area contributed by atoms with Crippen molar-refractivity contribution in [2.24, 2.45) is 0 Å². The fourth-order valence-corrected chi connectivity index (χ4v) is 3.58. The first-order valence-corrected chi connectivity index (χ1v) is 8.86. The molecule has 0 fully saturated rings. The molecule has 0 bridgehead atoms. The van der Waals surface area contributed by atoms with Crippen LogP contribution in [0.4, 0.5) is 0 Å². The van der Waals surface area contributed by atoms with Crippen LogP contribution in [0.2, 0.25) is 5.02 Å². The summed E-state index contributed by atoms with van der Waals surface area (Å²) >= 11 is 11.2. The number of hydrogen-bond donors (Lipinski definition) is 1. The molecule has 0 radical (unpaired) electrons. The molecule has 0 amide bonds. The first-order valence-electron chi connectivity index (χ1n) is 6.87. The van der Waals surface area contributed by atoms with E-state index in [-0.39, 0.29) is 5.54 Å². The molecule has 1 aromatic carbocycles. The van der Waals surface area contributed by atoms with Crippen LogP contribution < -0.4 is 5.32 Å². The van der Waals surface area contributed by atoms with Crippen LogP contribution in [0, 0.1) is 0 Å². The van der Waals surface area contributed by atoms with Crippen LogP contribution in [0.15, 0.2) is 22.7 Å². The third kappa shape index (κ3) is 5.66. The summed E-state index contributed by atoms with van der Waals surface area (Å²) in [7, 11) is 0. The average molecular weight is 389 g/mol. The Morgan fingerprint density at radius 1 is 1.24 bits per heavy atom. The first kappa shape index (κ1) is 16.9. The van der Waals surface area contributed by atoms with Gasteiger partial charge in [0.05, 0.1) is 0 Å². The number of nitrogens with one attached hydrogen (secondary N) is 1. The van der Waals surface area contributed by atoms with Crippen LogP contribution in [0.3, 0.4) is 0 Å². The lowest BCUT2D eigenvalue weighted by Gasteiger charge is -2.20. The Balaban J connectivity index is 1.95. The Labute approximate surface area is 143 Å². The Morgan fingerprint density at radius 3 is 2.67 bits per heavy atom. The molecule has 2 rings (SSSR count). The average Bonchev–Trinajstić information content (AvgIpc) is 2.81. The van der Waals surface area contributed by atoms with Gasteiger partial charge in [0.2, 0.25) is 0 Å². The normalized spacial score (nSPS) is 11.9. The molecule has 0 unspecified atom stereocenters. The van der Waals surface area contributed by atoms with Crippen molar-refractivity contribution >= 4 is 38.9 Å². The highest BCUT2D eigenvalue weighted by atomic mass is 79.9. The minimum Gasteiger partial charge on any atom is -0.312 e. The summed E-state index contributed by atoms with van der Waals surface area (Å²) in [6.07, 6.45) is 2.01. The maximum atomic E-state index is 6.07. The maximum Gasteiger partial charge on any atom is 0.147 e. The molecule has 2 aromatic rings. The van der Waals surface area contributed by atoms with Gasteiger partial charge in [0.1, 0.15) is 10.0 Å². The van der Waals surface area contributed by atoms with E-state index in [2.05, 4.69) is 52.2 Å². The van der Waals surface area contributed by atoms with Crippen molar-refractivity contribution in [2.75, 3.05) is 6.54 Å². The van der Waals surface area contributed by atoms with E-state index in [9.17, 15) is 0 Å². The van der Waals surface area contributed by atoms with Crippen molar-refractivity contribution in [2.45, 2.75) is 39.2 Å². The van der Waals surface area contributed by atoms with E-state index in [0.29, 0.717) is 5.02 Å². The fourth-order valence-electron chi connectivity index (χ4n) is 1.85. The quantitative estimate of drug-likeness (QED) is 0.737. The molecule has 3 nitrogen and oxygen atoms in total. The number of rotatable bonds is 5. The monoisotopic (exact) mass is 387 g/mol. The zero-order valence-electron chi connectivity index (χ0n) is 12.4. The predicted molar refractivity (Wildman–Crippen MR) is 94.1 cm³/mol. The van der Waals surface area contributed by atoms with Crippen LogP contribution in [0.5, 0.6) is 0 Å². The molecular weight excluding hydrogens is 370 g/mol. The number of aryl methyl sites for hydroxylation is 1. The Bertz CT molecular complexity index is 587. The number of benzene rings is 1. The minimum absolute atomic E-state index is 0.166. The Hall–Kier alpha value is -0.490. The van der Waals surface area contributed by atoms with Gasteiger partial charge in [-0.1, -0.05) is 38.9 Å². The van der Waals surface area contributed by atoms with E-state index in [0.717, 1.165) is 39.4 Å². The summed E-state index contributed by atoms with van der Waals surface area (Å²) in [6.45, 7) is 7.51. The van der Waals surface area contributed by atoms with Gasteiger partial charge in [-0.3, -0.25) is 0 Å². The molecule has 6 heteroatoms. The van der Waals surface area contributed by atoms with Crippen LogP contribution in [0.1, 0.15) is 32.2 Å². The Morgan fingerprint density at radius 2 is 2.00 bits per heavy atom. The molecule has 1 N–H and O–H groups in total. The SMILES string of the molecule is CC(C)(C)NCCCc1nnc(-c2cc(Cl)cc(Br)c2)s1. The summed E-state index contributed by atoms with van der Waals surface area (Å²) in [5, 5.41) is 14.7. The van der Waals surface area contributed by atoms with E-state index in [1.165, 1.54) is 0 Å². The van der Waals surface area contributed by atoms with Gasteiger partial charge in [0.25, 0.3) is 0 Å². The summed E-state index contributed by atoms with van der Waals surface area (Å²) in [5.41, 5.74) is 1.17. The lowest BCUT2D eigenvalue weighted by atomic mass is 10.1. The molecule has 1 aromatic heterocycles. The highest BCUT2D eigenvalue weighted by molar-refractivity contribution is 9.10. The van der Waals surface area contributed by atoms with Crippen LogP contribution in [-0.4, -0.2) is 22.3 Å². The van der Waals surface area contributed by atoms with E-state index < -0.39 is 0 Å². The van der Waals surface area contributed by atoms with Gasteiger partial charge in [-0.2, -0.15) is 0 Å². The predicted octanol–water partition coefficient (Wildman–Crippen LogP) is 4.94. The van der Waals surface area contributed by atoms with E-state index in [1.54, 1.807) is 11.3 Å². The van der Waals surface area contributed by atoms with Crippen LogP contribution >= 0.6 is 38.9 Å². The zero-order chi connectivity index (χ0) is 15.5. The molecule has 0 spiro atoms. The molecule has 0 atom stereocenters. The van der Waals surface area contributed by atoms with Crippen LogP contribution in [0.25, 0.3) is 10.6 Å². The second kappa shape index (κ2) is 7.18. The molecule has 0 aliphatic carbocycles. The second-order valence-corrected chi connectivity index (χ2v) is 8.35. The van der Waals surface area contributed by atoms with Gasteiger partial charge in [-0.05, 0) is 51.9 Å². The molecule has 0 aliphatic rings. The maximum absolute atomic E-state index is 6.07. The van der Waals surface area contributed by atoms with Gasteiger partial charge in [-0.15, -0.1) is 10.2 Å². The number of hydrogen-bond acceptors (Lipinski definition) is 4. The lowest BCUT2D eigenvalue weighted by Crippen LogP contribution is -2.36. The van der Waals surface area contributed by atoms with Gasteiger partial charge in [-0.25, -0.2) is 0 Å². The number of halogens is 2. The smallest absolute Gasteiger partial charge is 0.147 e. The fraction of sp³-hybridized carbons (Fsp3) is 0.467. The van der Waals surface area contributed by atoms with E-state index in [1.807, 2.05) is 18.2 Å². The third-order valence-corrected chi connectivity index (χ3v) is 4.51. The minimum atomic E-state index is 0.166. The van der Waals surface area contributed by atoms with Gasteiger partial charge in [0.15, 0.2) is 0 Å². The molecule has 1 heterocycles. The van der Waals surface area contributed by atoms with Crippen molar-refractivity contribution in [3.05, 3.63) is 32.7 Å². The third-order valence-electron chi connectivity index (χ3n) is 2.80. The van der Waals surface area contributed by atoms with Crippen molar-refractivity contribution in [1.29, 1.82) is 0 Å². The molecule has 0 saturated carbocycles. The molecule has 21 heavy (non-hydrogen) atoms. The van der Waals surface area contributed by atoms with Crippen LogP contribution in [-0.2, 0) is 6.42 Å². The zero-order valence-corrected chi connectivity index (χ0v) is 15.6. The molecule has 0 aliphatic heterocycles. The summed E-state index contributed by atoms with van der Waals surface area (Å²) < 4.78 is 0.955. The highest BCUT2D eigenvalue weighted by Gasteiger charge is 2.10. The number of nitrogens with zero attached hydrogens (tertiary/aromatic N) is 2. The largest absolute Gasteiger partial charge is 0.312 e. The van der Waals surface area contributed by atoms with Crippen molar-refractivity contribution < 1.29 is 0 Å². The van der Waals surface area contributed by atoms with Crippen molar-refractivity contribution in [3.8, 4) is 10.6 Å².